The second-order valence-corrected chi connectivity index (χ2v) is 3.48. The number of fused-ring (bicyclic) bond motifs is 1. The number of amides is 1. The third-order valence-electron chi connectivity index (χ3n) is 2.18. The monoisotopic (exact) mass is 227 g/mol. The number of hydrogen-bond acceptors (Lipinski definition) is 2. The molecule has 4 nitrogen and oxygen atoms in total. The van der Waals surface area contributed by atoms with Gasteiger partial charge in [0.1, 0.15) is 0 Å². The number of para-hydroxylation sites is 2. The minimum Gasteiger partial charge on any atom is -0.324 e. The van der Waals surface area contributed by atoms with E-state index in [1.165, 1.54) is 6.08 Å². The van der Waals surface area contributed by atoms with Crippen molar-refractivity contribution in [1.82, 2.24) is 9.97 Å². The van der Waals surface area contributed by atoms with Crippen molar-refractivity contribution < 1.29 is 4.79 Å². The Bertz CT molecular complexity index is 548. The summed E-state index contributed by atoms with van der Waals surface area (Å²) in [6.07, 6.45) is 6.77. The number of nitrogens with zero attached hydrogens (tertiary/aromatic N) is 1. The van der Waals surface area contributed by atoms with E-state index < -0.39 is 0 Å². The molecule has 0 fully saturated rings. The van der Waals surface area contributed by atoms with Crippen LogP contribution in [0.15, 0.2) is 48.6 Å². The number of nitrogens with one attached hydrogen (secondary N) is 2. The summed E-state index contributed by atoms with van der Waals surface area (Å²) in [6.45, 7) is 1.89. The number of aromatic amines is 1. The predicted molar refractivity (Wildman–Crippen MR) is 68.7 cm³/mol. The van der Waals surface area contributed by atoms with Gasteiger partial charge in [0.05, 0.1) is 11.0 Å². The molecule has 86 valence electrons. The Labute approximate surface area is 99.1 Å². The predicted octanol–water partition coefficient (Wildman–Crippen LogP) is 2.63. The molecule has 0 saturated carbocycles. The van der Waals surface area contributed by atoms with Gasteiger partial charge in [-0.1, -0.05) is 30.4 Å². The van der Waals surface area contributed by atoms with E-state index in [2.05, 4.69) is 15.3 Å². The Morgan fingerprint density at radius 3 is 2.94 bits per heavy atom. The van der Waals surface area contributed by atoms with Crippen LogP contribution < -0.4 is 5.32 Å². The average molecular weight is 227 g/mol. The summed E-state index contributed by atoms with van der Waals surface area (Å²) < 4.78 is 0. The van der Waals surface area contributed by atoms with E-state index in [9.17, 15) is 4.79 Å². The van der Waals surface area contributed by atoms with Crippen molar-refractivity contribution in [3.63, 3.8) is 0 Å². The highest BCUT2D eigenvalue weighted by molar-refractivity contribution is 5.99. The molecule has 17 heavy (non-hydrogen) atoms. The molecule has 1 amide bonds. The van der Waals surface area contributed by atoms with Gasteiger partial charge < -0.3 is 4.98 Å². The van der Waals surface area contributed by atoms with Crippen LogP contribution in [0.2, 0.25) is 0 Å². The lowest BCUT2D eigenvalue weighted by atomic mass is 10.3. The van der Waals surface area contributed by atoms with Gasteiger partial charge >= 0.3 is 0 Å². The van der Waals surface area contributed by atoms with Crippen LogP contribution in [0.25, 0.3) is 11.0 Å². The number of rotatable bonds is 3. The molecule has 1 aromatic carbocycles. The number of benzene rings is 1. The molecule has 0 saturated heterocycles. The van der Waals surface area contributed by atoms with Crippen molar-refractivity contribution in [2.45, 2.75) is 6.92 Å². The van der Waals surface area contributed by atoms with Crippen LogP contribution in [0.4, 0.5) is 5.95 Å². The van der Waals surface area contributed by atoms with Crippen LogP contribution in [-0.2, 0) is 4.79 Å². The number of aromatic nitrogens is 2. The fourth-order valence-corrected chi connectivity index (χ4v) is 1.42. The van der Waals surface area contributed by atoms with Gasteiger partial charge in [-0.15, -0.1) is 0 Å². The molecule has 2 aromatic rings. The summed E-state index contributed by atoms with van der Waals surface area (Å²) in [4.78, 5) is 18.7. The van der Waals surface area contributed by atoms with Crippen molar-refractivity contribution in [2.75, 3.05) is 5.32 Å². The van der Waals surface area contributed by atoms with Crippen LogP contribution in [0.1, 0.15) is 6.92 Å². The molecular weight excluding hydrogens is 214 g/mol. The Balaban J connectivity index is 2.10. The Kier molecular flexibility index (Phi) is 3.35. The number of imidazole rings is 1. The standard InChI is InChI=1S/C13H13N3O/c1-2-3-4-9-12(17)16-13-14-10-7-5-6-8-11(10)15-13/h2-9H,1H3,(H2,14,15,16,17)/b3-2+,9-4+. The van der Waals surface area contributed by atoms with E-state index in [-0.39, 0.29) is 5.91 Å². The van der Waals surface area contributed by atoms with Crippen molar-refractivity contribution in [3.05, 3.63) is 48.6 Å². The highest BCUT2D eigenvalue weighted by Crippen LogP contribution is 2.12. The zero-order chi connectivity index (χ0) is 12.1. The Morgan fingerprint density at radius 1 is 1.35 bits per heavy atom. The van der Waals surface area contributed by atoms with Crippen LogP contribution in [-0.4, -0.2) is 15.9 Å². The lowest BCUT2D eigenvalue weighted by molar-refractivity contribution is -0.111. The van der Waals surface area contributed by atoms with Gasteiger partial charge in [0, 0.05) is 6.08 Å². The summed E-state index contributed by atoms with van der Waals surface area (Å²) >= 11 is 0. The minimum atomic E-state index is -0.206. The first-order valence-corrected chi connectivity index (χ1v) is 5.34. The van der Waals surface area contributed by atoms with Gasteiger partial charge in [0.2, 0.25) is 5.95 Å². The fraction of sp³-hybridized carbons (Fsp3) is 0.0769. The fourth-order valence-electron chi connectivity index (χ4n) is 1.42. The summed E-state index contributed by atoms with van der Waals surface area (Å²) in [5.41, 5.74) is 1.74. The first kappa shape index (κ1) is 11.1. The number of carbonyl (C=O) groups is 1. The summed E-state index contributed by atoms with van der Waals surface area (Å²) in [5.74, 6) is 0.253. The maximum atomic E-state index is 11.5. The third kappa shape index (κ3) is 2.81. The molecule has 1 heterocycles. The molecule has 0 radical (unpaired) electrons. The molecule has 0 atom stereocenters. The Hall–Kier alpha value is -2.36. The van der Waals surface area contributed by atoms with E-state index >= 15 is 0 Å². The van der Waals surface area contributed by atoms with Crippen molar-refractivity contribution >= 4 is 22.9 Å². The Morgan fingerprint density at radius 2 is 2.18 bits per heavy atom. The van der Waals surface area contributed by atoms with E-state index in [0.717, 1.165) is 11.0 Å². The zero-order valence-electron chi connectivity index (χ0n) is 9.47. The average Bonchev–Trinajstić information content (AvgIpc) is 2.71. The smallest absolute Gasteiger partial charge is 0.250 e. The van der Waals surface area contributed by atoms with Crippen molar-refractivity contribution in [2.24, 2.45) is 0 Å². The van der Waals surface area contributed by atoms with Gasteiger partial charge in [-0.05, 0) is 19.1 Å². The molecule has 0 unspecified atom stereocenters. The van der Waals surface area contributed by atoms with E-state index in [1.54, 1.807) is 12.2 Å². The summed E-state index contributed by atoms with van der Waals surface area (Å²) in [7, 11) is 0. The molecule has 0 aliphatic carbocycles. The maximum Gasteiger partial charge on any atom is 0.250 e. The van der Waals surface area contributed by atoms with Crippen LogP contribution in [0.3, 0.4) is 0 Å². The van der Waals surface area contributed by atoms with Crippen LogP contribution in [0, 0.1) is 0 Å². The largest absolute Gasteiger partial charge is 0.324 e. The van der Waals surface area contributed by atoms with Gasteiger partial charge in [-0.3, -0.25) is 10.1 Å². The number of hydrogen-bond donors (Lipinski definition) is 2. The van der Waals surface area contributed by atoms with Gasteiger partial charge in [-0.2, -0.15) is 0 Å². The highest BCUT2D eigenvalue weighted by atomic mass is 16.1. The molecule has 0 aliphatic rings. The van der Waals surface area contributed by atoms with Crippen molar-refractivity contribution in [1.29, 1.82) is 0 Å². The van der Waals surface area contributed by atoms with Crippen molar-refractivity contribution in [3.8, 4) is 0 Å². The molecule has 0 aliphatic heterocycles. The van der Waals surface area contributed by atoms with E-state index in [0.29, 0.717) is 5.95 Å². The maximum absolute atomic E-state index is 11.5. The second-order valence-electron chi connectivity index (χ2n) is 3.48. The number of anilines is 1. The quantitative estimate of drug-likeness (QED) is 0.625. The first-order valence-electron chi connectivity index (χ1n) is 5.34. The molecular formula is C13H13N3O. The van der Waals surface area contributed by atoms with Crippen LogP contribution >= 0.6 is 0 Å². The normalized spacial score (nSPS) is 11.6. The summed E-state index contributed by atoms with van der Waals surface area (Å²) in [6, 6.07) is 7.61. The second kappa shape index (κ2) is 5.12. The van der Waals surface area contributed by atoms with Gasteiger partial charge in [-0.25, -0.2) is 4.98 Å². The number of H-pyrrole nitrogens is 1. The minimum absolute atomic E-state index is 0.206. The molecule has 4 heteroatoms. The number of carbonyl (C=O) groups excluding carboxylic acids is 1. The lowest BCUT2D eigenvalue weighted by Crippen LogP contribution is -2.08. The molecule has 2 N–H and O–H groups in total. The van der Waals surface area contributed by atoms with E-state index in [4.69, 9.17) is 0 Å². The molecule has 0 bridgehead atoms. The van der Waals surface area contributed by atoms with Gasteiger partial charge in [0.15, 0.2) is 0 Å². The summed E-state index contributed by atoms with van der Waals surface area (Å²) in [5, 5.41) is 2.66. The topological polar surface area (TPSA) is 57.8 Å². The molecule has 2 rings (SSSR count). The third-order valence-corrected chi connectivity index (χ3v) is 2.18. The zero-order valence-corrected chi connectivity index (χ0v) is 9.47. The first-order chi connectivity index (χ1) is 8.29. The van der Waals surface area contributed by atoms with E-state index in [1.807, 2.05) is 37.3 Å². The highest BCUT2D eigenvalue weighted by Gasteiger charge is 2.03. The van der Waals surface area contributed by atoms with Gasteiger partial charge in [0.25, 0.3) is 5.91 Å². The number of allylic oxidation sites excluding steroid dienone is 3. The molecule has 0 spiro atoms. The van der Waals surface area contributed by atoms with Crippen LogP contribution in [0.5, 0.6) is 0 Å². The lowest BCUT2D eigenvalue weighted by Gasteiger charge is -1.94. The SMILES string of the molecule is C/C=C/C=C/C(=O)Nc1nc2ccccc2[nH]1. The molecule has 1 aromatic heterocycles.